The Bertz CT molecular complexity index is 398. The molecule has 1 aliphatic heterocycles. The van der Waals surface area contributed by atoms with Gasteiger partial charge in [-0.05, 0) is 31.0 Å². The lowest BCUT2D eigenvalue weighted by molar-refractivity contribution is -0.122. The number of nitrogens with one attached hydrogen (secondary N) is 1. The van der Waals surface area contributed by atoms with Crippen LogP contribution in [0.1, 0.15) is 25.0 Å². The highest BCUT2D eigenvalue weighted by Gasteiger charge is 2.31. The van der Waals surface area contributed by atoms with Crippen LogP contribution >= 0.6 is 15.9 Å². The van der Waals surface area contributed by atoms with E-state index in [1.165, 1.54) is 5.56 Å². The third-order valence-corrected chi connectivity index (χ3v) is 3.32. The van der Waals surface area contributed by atoms with Crippen molar-refractivity contribution in [1.29, 1.82) is 0 Å². The number of fused-ring (bicyclic) bond motifs is 1. The summed E-state index contributed by atoms with van der Waals surface area (Å²) in [6, 6.07) is 6.05. The fraction of sp³-hybridized carbons (Fsp3) is 0.364. The first-order valence-corrected chi connectivity index (χ1v) is 5.39. The number of halogens is 1. The van der Waals surface area contributed by atoms with Gasteiger partial charge < -0.3 is 5.32 Å². The maximum absolute atomic E-state index is 11.5. The standard InChI is InChI=1S/C11H12BrNO/c1-11(2)8-4-3-5-9(12)7(8)6-10(14)13-11/h3-5H,6H2,1-2H3,(H,13,14). The number of hydrogen-bond acceptors (Lipinski definition) is 1. The molecule has 0 aromatic heterocycles. The third kappa shape index (κ3) is 1.46. The maximum Gasteiger partial charge on any atom is 0.225 e. The van der Waals surface area contributed by atoms with E-state index in [1.54, 1.807) is 0 Å². The quantitative estimate of drug-likeness (QED) is 0.756. The molecule has 1 aromatic rings. The third-order valence-electron chi connectivity index (χ3n) is 2.58. The van der Waals surface area contributed by atoms with Crippen molar-refractivity contribution in [1.82, 2.24) is 5.32 Å². The van der Waals surface area contributed by atoms with Gasteiger partial charge in [0.25, 0.3) is 0 Å². The molecule has 3 heteroatoms. The van der Waals surface area contributed by atoms with E-state index in [0.29, 0.717) is 6.42 Å². The molecule has 74 valence electrons. The van der Waals surface area contributed by atoms with Crippen molar-refractivity contribution in [3.63, 3.8) is 0 Å². The Hall–Kier alpha value is -0.830. The number of rotatable bonds is 0. The van der Waals surface area contributed by atoms with Gasteiger partial charge in [-0.15, -0.1) is 0 Å². The molecule has 2 nitrogen and oxygen atoms in total. The fourth-order valence-corrected chi connectivity index (χ4v) is 2.45. The smallest absolute Gasteiger partial charge is 0.225 e. The van der Waals surface area contributed by atoms with Crippen LogP contribution in [0.25, 0.3) is 0 Å². The van der Waals surface area contributed by atoms with Crippen LogP contribution in [0.4, 0.5) is 0 Å². The van der Waals surface area contributed by atoms with Gasteiger partial charge in [0, 0.05) is 4.47 Å². The largest absolute Gasteiger partial charge is 0.347 e. The second kappa shape index (κ2) is 3.09. The van der Waals surface area contributed by atoms with Gasteiger partial charge in [-0.1, -0.05) is 28.1 Å². The molecule has 1 N–H and O–H groups in total. The van der Waals surface area contributed by atoms with E-state index in [-0.39, 0.29) is 11.4 Å². The Kier molecular flexibility index (Phi) is 2.14. The Morgan fingerprint density at radius 2 is 2.14 bits per heavy atom. The Morgan fingerprint density at radius 1 is 1.43 bits per heavy atom. The van der Waals surface area contributed by atoms with Gasteiger partial charge in [-0.3, -0.25) is 4.79 Å². The normalized spacial score (nSPS) is 18.6. The molecule has 0 unspecified atom stereocenters. The molecular weight excluding hydrogens is 242 g/mol. The van der Waals surface area contributed by atoms with Crippen molar-refractivity contribution in [2.24, 2.45) is 0 Å². The fourth-order valence-electron chi connectivity index (χ4n) is 1.94. The second-order valence-electron chi connectivity index (χ2n) is 4.12. The van der Waals surface area contributed by atoms with Gasteiger partial charge in [0.2, 0.25) is 5.91 Å². The van der Waals surface area contributed by atoms with Gasteiger partial charge in [0.1, 0.15) is 0 Å². The minimum absolute atomic E-state index is 0.0920. The molecule has 0 radical (unpaired) electrons. The first kappa shape index (κ1) is 9.71. The zero-order valence-electron chi connectivity index (χ0n) is 8.23. The second-order valence-corrected chi connectivity index (χ2v) is 4.97. The molecule has 0 bridgehead atoms. The van der Waals surface area contributed by atoms with Crippen LogP contribution in [0.15, 0.2) is 22.7 Å². The van der Waals surface area contributed by atoms with Crippen molar-refractivity contribution in [2.75, 3.05) is 0 Å². The van der Waals surface area contributed by atoms with E-state index in [0.717, 1.165) is 10.0 Å². The van der Waals surface area contributed by atoms with Crippen molar-refractivity contribution < 1.29 is 4.79 Å². The van der Waals surface area contributed by atoms with E-state index in [4.69, 9.17) is 0 Å². The van der Waals surface area contributed by atoms with Crippen LogP contribution in [0, 0.1) is 0 Å². The van der Waals surface area contributed by atoms with Crippen LogP contribution in [0.2, 0.25) is 0 Å². The molecule has 0 atom stereocenters. The van der Waals surface area contributed by atoms with Crippen molar-refractivity contribution in [3.8, 4) is 0 Å². The van der Waals surface area contributed by atoms with Crippen LogP contribution in [0.5, 0.6) is 0 Å². The highest BCUT2D eigenvalue weighted by molar-refractivity contribution is 9.10. The Morgan fingerprint density at radius 3 is 2.86 bits per heavy atom. The summed E-state index contributed by atoms with van der Waals surface area (Å²) in [7, 11) is 0. The lowest BCUT2D eigenvalue weighted by Gasteiger charge is -2.33. The van der Waals surface area contributed by atoms with Gasteiger partial charge in [-0.2, -0.15) is 0 Å². The summed E-state index contributed by atoms with van der Waals surface area (Å²) in [6.07, 6.45) is 0.472. The van der Waals surface area contributed by atoms with Gasteiger partial charge >= 0.3 is 0 Å². The highest BCUT2D eigenvalue weighted by Crippen LogP contribution is 2.32. The summed E-state index contributed by atoms with van der Waals surface area (Å²) in [5.74, 6) is 0.0920. The topological polar surface area (TPSA) is 29.1 Å². The molecule has 0 aliphatic carbocycles. The molecule has 1 aromatic carbocycles. The first-order valence-electron chi connectivity index (χ1n) is 4.59. The van der Waals surface area contributed by atoms with E-state index in [2.05, 4.69) is 27.3 Å². The number of carbonyl (C=O) groups is 1. The maximum atomic E-state index is 11.5. The predicted molar refractivity (Wildman–Crippen MR) is 59.0 cm³/mol. The minimum atomic E-state index is -0.256. The lowest BCUT2D eigenvalue weighted by atomic mass is 9.85. The molecular formula is C11H12BrNO. The molecule has 1 heterocycles. The zero-order valence-corrected chi connectivity index (χ0v) is 9.81. The summed E-state index contributed by atoms with van der Waals surface area (Å²) >= 11 is 3.48. The van der Waals surface area contributed by atoms with Gasteiger partial charge in [0.15, 0.2) is 0 Å². The highest BCUT2D eigenvalue weighted by atomic mass is 79.9. The average molecular weight is 254 g/mol. The van der Waals surface area contributed by atoms with Crippen molar-refractivity contribution in [3.05, 3.63) is 33.8 Å². The van der Waals surface area contributed by atoms with E-state index >= 15 is 0 Å². The molecule has 14 heavy (non-hydrogen) atoms. The summed E-state index contributed by atoms with van der Waals surface area (Å²) in [5, 5.41) is 2.98. The van der Waals surface area contributed by atoms with E-state index in [1.807, 2.05) is 26.0 Å². The summed E-state index contributed by atoms with van der Waals surface area (Å²) in [6.45, 7) is 4.05. The van der Waals surface area contributed by atoms with Crippen LogP contribution in [-0.4, -0.2) is 5.91 Å². The van der Waals surface area contributed by atoms with Crippen LogP contribution in [0.3, 0.4) is 0 Å². The van der Waals surface area contributed by atoms with Crippen molar-refractivity contribution >= 4 is 21.8 Å². The molecule has 0 saturated heterocycles. The molecule has 1 aliphatic rings. The monoisotopic (exact) mass is 253 g/mol. The van der Waals surface area contributed by atoms with Crippen molar-refractivity contribution in [2.45, 2.75) is 25.8 Å². The van der Waals surface area contributed by atoms with Crippen LogP contribution < -0.4 is 5.32 Å². The van der Waals surface area contributed by atoms with Gasteiger partial charge in [-0.25, -0.2) is 0 Å². The minimum Gasteiger partial charge on any atom is -0.347 e. The molecule has 0 fully saturated rings. The van der Waals surface area contributed by atoms with E-state index < -0.39 is 0 Å². The molecule has 1 amide bonds. The summed E-state index contributed by atoms with van der Waals surface area (Å²) in [4.78, 5) is 11.5. The molecule has 2 rings (SSSR count). The lowest BCUT2D eigenvalue weighted by Crippen LogP contribution is -2.46. The number of amides is 1. The summed E-state index contributed by atoms with van der Waals surface area (Å²) < 4.78 is 1.03. The number of carbonyl (C=O) groups excluding carboxylic acids is 1. The molecule has 0 saturated carbocycles. The number of hydrogen-bond donors (Lipinski definition) is 1. The predicted octanol–water partition coefficient (Wildman–Crippen LogP) is 2.36. The van der Waals surface area contributed by atoms with Gasteiger partial charge in [0.05, 0.1) is 12.0 Å². The average Bonchev–Trinajstić information content (AvgIpc) is 2.05. The van der Waals surface area contributed by atoms with E-state index in [9.17, 15) is 4.79 Å². The SMILES string of the molecule is CC1(C)NC(=O)Cc2c(Br)cccc21. The number of benzene rings is 1. The zero-order chi connectivity index (χ0) is 10.3. The Labute approximate surface area is 91.8 Å². The first-order chi connectivity index (χ1) is 6.50. The Balaban J connectivity index is 2.63. The summed E-state index contributed by atoms with van der Waals surface area (Å²) in [5.41, 5.74) is 2.06. The van der Waals surface area contributed by atoms with Crippen LogP contribution in [-0.2, 0) is 16.8 Å². The molecule has 0 spiro atoms.